The molecule has 4 saturated carbocycles. The van der Waals surface area contributed by atoms with Gasteiger partial charge in [-0.15, -0.1) is 6.42 Å². The highest BCUT2D eigenvalue weighted by Crippen LogP contribution is 2.67. The van der Waals surface area contributed by atoms with E-state index in [4.69, 9.17) is 6.42 Å². The van der Waals surface area contributed by atoms with Crippen LogP contribution >= 0.6 is 0 Å². The number of rotatable bonds is 1. The molecule has 0 amide bonds. The van der Waals surface area contributed by atoms with Crippen molar-refractivity contribution in [3.8, 4) is 12.3 Å². The SMILES string of the molecule is C#C[C@]1(O)CCC2C3CC[C@H]4CC(=O)CCC4C3[C@@H](C(F)F)C[C@@]21C. The number of carbonyl (C=O) groups is 1. The Bertz CT molecular complexity index is 612. The number of fused-ring (bicyclic) bond motifs is 5. The lowest BCUT2D eigenvalue weighted by molar-refractivity contribution is -0.163. The molecule has 0 radical (unpaired) electrons. The number of hydrogen-bond donors (Lipinski definition) is 1. The van der Waals surface area contributed by atoms with E-state index in [-0.39, 0.29) is 23.7 Å². The first-order valence-electron chi connectivity index (χ1n) is 9.81. The largest absolute Gasteiger partial charge is 0.377 e. The van der Waals surface area contributed by atoms with Crippen molar-refractivity contribution in [3.63, 3.8) is 0 Å². The first kappa shape index (κ1) is 17.5. The Balaban J connectivity index is 1.72. The van der Waals surface area contributed by atoms with Crippen molar-refractivity contribution < 1.29 is 18.7 Å². The molecule has 4 aliphatic carbocycles. The maximum absolute atomic E-state index is 14.1. The third-order valence-corrected chi connectivity index (χ3v) is 8.53. The second-order valence-electron chi connectivity index (χ2n) is 9.29. The highest BCUT2D eigenvalue weighted by atomic mass is 19.3. The van der Waals surface area contributed by atoms with Crippen molar-refractivity contribution in [2.24, 2.45) is 40.9 Å². The van der Waals surface area contributed by atoms with Crippen LogP contribution in [0.2, 0.25) is 0 Å². The van der Waals surface area contributed by atoms with Crippen LogP contribution in [0.5, 0.6) is 0 Å². The summed E-state index contributed by atoms with van der Waals surface area (Å²) in [5, 5.41) is 11.0. The Morgan fingerprint density at radius 1 is 1.24 bits per heavy atom. The summed E-state index contributed by atoms with van der Waals surface area (Å²) < 4.78 is 28.2. The van der Waals surface area contributed by atoms with Gasteiger partial charge in [0.2, 0.25) is 6.43 Å². The molecule has 4 heteroatoms. The number of aliphatic hydroxyl groups is 1. The number of halogens is 2. The summed E-state index contributed by atoms with van der Waals surface area (Å²) in [6, 6.07) is 0. The van der Waals surface area contributed by atoms with Crippen LogP contribution in [0.15, 0.2) is 0 Å². The van der Waals surface area contributed by atoms with Crippen molar-refractivity contribution in [2.75, 3.05) is 0 Å². The maximum Gasteiger partial charge on any atom is 0.241 e. The van der Waals surface area contributed by atoms with Crippen molar-refractivity contribution in [1.82, 2.24) is 0 Å². The Kier molecular flexibility index (Phi) is 4.03. The number of ketones is 1. The zero-order valence-electron chi connectivity index (χ0n) is 14.9. The molecule has 0 spiro atoms. The van der Waals surface area contributed by atoms with Gasteiger partial charge in [-0.05, 0) is 68.1 Å². The van der Waals surface area contributed by atoms with E-state index in [0.717, 1.165) is 25.7 Å². The molecular weight excluding hydrogens is 322 g/mol. The topological polar surface area (TPSA) is 37.3 Å². The van der Waals surface area contributed by atoms with Gasteiger partial charge in [0.1, 0.15) is 11.4 Å². The van der Waals surface area contributed by atoms with Crippen LogP contribution in [0.4, 0.5) is 8.78 Å². The van der Waals surface area contributed by atoms with Crippen molar-refractivity contribution in [1.29, 1.82) is 0 Å². The highest BCUT2D eigenvalue weighted by Gasteiger charge is 2.65. The van der Waals surface area contributed by atoms with Crippen LogP contribution in [0.25, 0.3) is 0 Å². The van der Waals surface area contributed by atoms with Gasteiger partial charge in [0.25, 0.3) is 0 Å². The van der Waals surface area contributed by atoms with Gasteiger partial charge >= 0.3 is 0 Å². The molecule has 138 valence electrons. The van der Waals surface area contributed by atoms with Gasteiger partial charge in [-0.1, -0.05) is 12.8 Å². The van der Waals surface area contributed by atoms with E-state index in [1.807, 2.05) is 6.92 Å². The summed E-state index contributed by atoms with van der Waals surface area (Å²) in [4.78, 5) is 11.8. The monoisotopic (exact) mass is 350 g/mol. The van der Waals surface area contributed by atoms with Gasteiger partial charge in [0.15, 0.2) is 0 Å². The molecule has 0 aliphatic heterocycles. The summed E-state index contributed by atoms with van der Waals surface area (Å²) in [6.45, 7) is 1.95. The maximum atomic E-state index is 14.1. The summed E-state index contributed by atoms with van der Waals surface area (Å²) in [5.74, 6) is 3.14. The second-order valence-corrected chi connectivity index (χ2v) is 9.29. The first-order chi connectivity index (χ1) is 11.8. The van der Waals surface area contributed by atoms with Gasteiger partial charge in [-0.2, -0.15) is 0 Å². The van der Waals surface area contributed by atoms with Gasteiger partial charge in [-0.25, -0.2) is 8.78 Å². The van der Waals surface area contributed by atoms with Crippen LogP contribution in [0.3, 0.4) is 0 Å². The van der Waals surface area contributed by atoms with Crippen molar-refractivity contribution in [2.45, 2.75) is 70.3 Å². The molecule has 0 aromatic carbocycles. The van der Waals surface area contributed by atoms with E-state index in [1.165, 1.54) is 0 Å². The minimum atomic E-state index is -2.38. The lowest BCUT2D eigenvalue weighted by Crippen LogP contribution is -2.57. The zero-order chi connectivity index (χ0) is 18.0. The quantitative estimate of drug-likeness (QED) is 0.724. The van der Waals surface area contributed by atoms with Crippen LogP contribution < -0.4 is 0 Å². The molecule has 0 heterocycles. The number of Topliss-reactive ketones (excluding diaryl/α,β-unsaturated/α-hetero) is 1. The lowest BCUT2D eigenvalue weighted by Gasteiger charge is -2.59. The smallest absolute Gasteiger partial charge is 0.241 e. The molecule has 2 nitrogen and oxygen atoms in total. The molecule has 0 aromatic heterocycles. The molecule has 4 unspecified atom stereocenters. The third-order valence-electron chi connectivity index (χ3n) is 8.53. The fraction of sp³-hybridized carbons (Fsp3) is 0.857. The predicted molar refractivity (Wildman–Crippen MR) is 90.8 cm³/mol. The Labute approximate surface area is 148 Å². The van der Waals surface area contributed by atoms with Crippen LogP contribution in [-0.4, -0.2) is 22.9 Å². The average Bonchev–Trinajstić information content (AvgIpc) is 2.85. The molecular formula is C21H28F2O2. The normalized spacial score (nSPS) is 52.2. The minimum absolute atomic E-state index is 0.00921. The Morgan fingerprint density at radius 3 is 2.68 bits per heavy atom. The first-order valence-corrected chi connectivity index (χ1v) is 9.81. The fourth-order valence-electron chi connectivity index (χ4n) is 7.35. The van der Waals surface area contributed by atoms with E-state index in [1.54, 1.807) is 0 Å². The molecule has 0 saturated heterocycles. The molecule has 4 aliphatic rings. The van der Waals surface area contributed by atoms with Gasteiger partial charge in [0.05, 0.1) is 0 Å². The summed E-state index contributed by atoms with van der Waals surface area (Å²) >= 11 is 0. The molecule has 1 N–H and O–H groups in total. The van der Waals surface area contributed by atoms with Crippen molar-refractivity contribution >= 4 is 5.78 Å². The van der Waals surface area contributed by atoms with E-state index >= 15 is 0 Å². The third kappa shape index (κ3) is 2.34. The van der Waals surface area contributed by atoms with Crippen LogP contribution in [0, 0.1) is 53.3 Å². The van der Waals surface area contributed by atoms with E-state index < -0.39 is 23.4 Å². The second kappa shape index (κ2) is 5.78. The molecule has 4 rings (SSSR count). The summed E-state index contributed by atoms with van der Waals surface area (Å²) in [7, 11) is 0. The van der Waals surface area contributed by atoms with E-state index in [9.17, 15) is 18.7 Å². The molecule has 8 atom stereocenters. The zero-order valence-corrected chi connectivity index (χ0v) is 14.9. The standard InChI is InChI=1S/C21H28F2O2/c1-3-21(25)9-8-17-15-6-4-12-10-13(24)5-7-14(12)18(15)16(19(22)23)11-20(17,21)2/h1,12,14-19,25H,4-11H2,2H3/t12-,14?,15?,16-,17?,18?,20-,21-/m0/s1. The molecule has 0 aromatic rings. The van der Waals surface area contributed by atoms with Crippen molar-refractivity contribution in [3.05, 3.63) is 0 Å². The van der Waals surface area contributed by atoms with Crippen LogP contribution in [-0.2, 0) is 4.79 Å². The van der Waals surface area contributed by atoms with Gasteiger partial charge < -0.3 is 5.11 Å². The number of alkyl halides is 2. The lowest BCUT2D eigenvalue weighted by atomic mass is 9.46. The average molecular weight is 350 g/mol. The predicted octanol–water partition coefficient (Wildman–Crippen LogP) is 4.06. The fourth-order valence-corrected chi connectivity index (χ4v) is 7.35. The Morgan fingerprint density at radius 2 is 2.00 bits per heavy atom. The minimum Gasteiger partial charge on any atom is -0.377 e. The highest BCUT2D eigenvalue weighted by molar-refractivity contribution is 5.79. The molecule has 25 heavy (non-hydrogen) atoms. The van der Waals surface area contributed by atoms with E-state index in [0.29, 0.717) is 37.4 Å². The summed E-state index contributed by atoms with van der Waals surface area (Å²) in [5.41, 5.74) is -1.86. The Hall–Kier alpha value is -0.950. The van der Waals surface area contributed by atoms with Gasteiger partial charge in [0, 0.05) is 24.2 Å². The summed E-state index contributed by atoms with van der Waals surface area (Å²) in [6.07, 6.45) is 8.72. The molecule has 4 fully saturated rings. The molecule has 0 bridgehead atoms. The number of hydrogen-bond acceptors (Lipinski definition) is 2. The van der Waals surface area contributed by atoms with Crippen LogP contribution in [0.1, 0.15) is 58.3 Å². The van der Waals surface area contributed by atoms with E-state index in [2.05, 4.69) is 5.92 Å². The number of carbonyl (C=O) groups excluding carboxylic acids is 1. The van der Waals surface area contributed by atoms with Gasteiger partial charge in [-0.3, -0.25) is 4.79 Å². The number of terminal acetylenes is 1.